The summed E-state index contributed by atoms with van der Waals surface area (Å²) in [7, 11) is 1.66. The van der Waals surface area contributed by atoms with Gasteiger partial charge in [-0.3, -0.25) is 19.8 Å². The second kappa shape index (κ2) is 10.6. The number of aryl methyl sites for hydroxylation is 2. The summed E-state index contributed by atoms with van der Waals surface area (Å²) < 4.78 is 5.23. The van der Waals surface area contributed by atoms with E-state index in [0.29, 0.717) is 0 Å². The van der Waals surface area contributed by atoms with E-state index in [4.69, 9.17) is 4.74 Å². The molecule has 3 atom stereocenters. The maximum Gasteiger partial charge on any atom is 0.234 e. The summed E-state index contributed by atoms with van der Waals surface area (Å²) in [6, 6.07) is 14.1. The molecule has 8 heteroatoms. The molecule has 2 aromatic carbocycles. The molecular weight excluding hydrogens is 436 g/mol. The molecule has 33 heavy (non-hydrogen) atoms. The number of amides is 2. The van der Waals surface area contributed by atoms with Gasteiger partial charge >= 0.3 is 0 Å². The lowest BCUT2D eigenvalue weighted by atomic mass is 9.89. The molecule has 0 aliphatic carbocycles. The van der Waals surface area contributed by atoms with Crippen LogP contribution < -0.4 is 20.7 Å². The first kappa shape index (κ1) is 23.6. The molecule has 0 bridgehead atoms. The fourth-order valence-corrected chi connectivity index (χ4v) is 5.22. The summed E-state index contributed by atoms with van der Waals surface area (Å²) in [6.45, 7) is 6.54. The first-order chi connectivity index (χ1) is 15.9. The van der Waals surface area contributed by atoms with Crippen molar-refractivity contribution in [3.05, 3.63) is 59.2 Å². The highest BCUT2D eigenvalue weighted by molar-refractivity contribution is 8.00. The number of nitrogens with zero attached hydrogens (tertiary/aromatic N) is 1. The number of piperidine rings is 1. The van der Waals surface area contributed by atoms with Crippen molar-refractivity contribution in [3.8, 4) is 5.75 Å². The van der Waals surface area contributed by atoms with Crippen molar-refractivity contribution in [1.82, 2.24) is 15.5 Å². The van der Waals surface area contributed by atoms with Gasteiger partial charge in [0, 0.05) is 31.4 Å². The highest BCUT2D eigenvalue weighted by atomic mass is 32.2. The fraction of sp³-hybridized carbons (Fsp3) is 0.440. The molecule has 2 aliphatic rings. The molecular formula is C25H32N4O3S. The predicted octanol–water partition coefficient (Wildman–Crippen LogP) is 2.88. The van der Waals surface area contributed by atoms with E-state index in [1.165, 1.54) is 22.9 Å². The minimum absolute atomic E-state index is 0.0604. The van der Waals surface area contributed by atoms with Gasteiger partial charge in [-0.2, -0.15) is 0 Å². The number of hydrogen-bond donors (Lipinski definition) is 3. The predicted molar refractivity (Wildman–Crippen MR) is 132 cm³/mol. The average Bonchev–Trinajstić information content (AvgIpc) is 2.81. The van der Waals surface area contributed by atoms with Crippen LogP contribution in [0, 0.1) is 19.8 Å². The number of nitrogens with one attached hydrogen (secondary N) is 3. The Kier molecular flexibility index (Phi) is 7.57. The van der Waals surface area contributed by atoms with Crippen molar-refractivity contribution in [1.29, 1.82) is 0 Å². The molecule has 176 valence electrons. The molecule has 0 spiro atoms. The summed E-state index contributed by atoms with van der Waals surface area (Å²) in [6.07, 6.45) is 0.903. The Morgan fingerprint density at radius 2 is 1.97 bits per heavy atom. The standard InChI is InChI=1S/C25H32N4O3S/c1-16-4-7-19(12-17(16)2)26-23(30)15-33-25-27-22-10-11-29(14-21(22)24(31)28-25)13-18-5-8-20(32-3)9-6-18/h4-9,12,21-22,25,27H,10-11,13-15H2,1-3H3,(H,26,30)(H,28,31). The molecule has 3 unspecified atom stereocenters. The Bertz CT molecular complexity index is 998. The van der Waals surface area contributed by atoms with Crippen LogP contribution in [0.15, 0.2) is 42.5 Å². The van der Waals surface area contributed by atoms with Crippen molar-refractivity contribution >= 4 is 29.3 Å². The minimum Gasteiger partial charge on any atom is -0.497 e. The Morgan fingerprint density at radius 3 is 2.70 bits per heavy atom. The van der Waals surface area contributed by atoms with Gasteiger partial charge in [-0.1, -0.05) is 18.2 Å². The maximum atomic E-state index is 12.8. The second-order valence-corrected chi connectivity index (χ2v) is 9.89. The van der Waals surface area contributed by atoms with Gasteiger partial charge in [0.05, 0.1) is 18.8 Å². The summed E-state index contributed by atoms with van der Waals surface area (Å²) >= 11 is 1.42. The van der Waals surface area contributed by atoms with Gasteiger partial charge < -0.3 is 15.4 Å². The minimum atomic E-state index is -0.252. The van der Waals surface area contributed by atoms with Crippen molar-refractivity contribution in [3.63, 3.8) is 0 Å². The van der Waals surface area contributed by atoms with Crippen molar-refractivity contribution in [2.75, 3.05) is 31.3 Å². The number of benzene rings is 2. The van der Waals surface area contributed by atoms with Gasteiger partial charge in [0.1, 0.15) is 11.2 Å². The van der Waals surface area contributed by atoms with Crippen LogP contribution in [0.1, 0.15) is 23.1 Å². The molecule has 2 amide bonds. The quantitative estimate of drug-likeness (QED) is 0.580. The van der Waals surface area contributed by atoms with E-state index >= 15 is 0 Å². The summed E-state index contributed by atoms with van der Waals surface area (Å²) in [5, 5.41) is 9.51. The number of carbonyl (C=O) groups excluding carboxylic acids is 2. The van der Waals surface area contributed by atoms with Crippen LogP contribution in [0.5, 0.6) is 5.75 Å². The Balaban J connectivity index is 1.24. The summed E-state index contributed by atoms with van der Waals surface area (Å²) in [4.78, 5) is 27.5. The smallest absolute Gasteiger partial charge is 0.234 e. The molecule has 2 fully saturated rings. The molecule has 3 N–H and O–H groups in total. The summed E-state index contributed by atoms with van der Waals surface area (Å²) in [5.74, 6) is 1.02. The number of fused-ring (bicyclic) bond motifs is 1. The molecule has 7 nitrogen and oxygen atoms in total. The number of hydrogen-bond acceptors (Lipinski definition) is 6. The van der Waals surface area contributed by atoms with Gasteiger partial charge in [0.15, 0.2) is 0 Å². The number of methoxy groups -OCH3 is 1. The number of likely N-dealkylation sites (tertiary alicyclic amines) is 1. The molecule has 4 rings (SSSR count). The van der Waals surface area contributed by atoms with Gasteiger partial charge in [0.2, 0.25) is 11.8 Å². The first-order valence-corrected chi connectivity index (χ1v) is 12.4. The van der Waals surface area contributed by atoms with Crippen molar-refractivity contribution in [2.45, 2.75) is 38.4 Å². The molecule has 0 saturated carbocycles. The zero-order valence-electron chi connectivity index (χ0n) is 19.4. The third-order valence-electron chi connectivity index (χ3n) is 6.41. The van der Waals surface area contributed by atoms with Gasteiger partial charge in [-0.15, -0.1) is 11.8 Å². The van der Waals surface area contributed by atoms with E-state index in [-0.39, 0.29) is 35.0 Å². The molecule has 2 aromatic rings. The number of rotatable bonds is 7. The largest absolute Gasteiger partial charge is 0.497 e. The van der Waals surface area contributed by atoms with E-state index in [0.717, 1.165) is 43.1 Å². The lowest BCUT2D eigenvalue weighted by Crippen LogP contribution is -2.64. The zero-order chi connectivity index (χ0) is 23.4. The Labute approximate surface area is 199 Å². The van der Waals surface area contributed by atoms with E-state index < -0.39 is 0 Å². The van der Waals surface area contributed by atoms with Crippen LogP contribution in [0.2, 0.25) is 0 Å². The lowest BCUT2D eigenvalue weighted by Gasteiger charge is -2.43. The average molecular weight is 469 g/mol. The Hall–Kier alpha value is -2.55. The Morgan fingerprint density at radius 1 is 1.18 bits per heavy atom. The SMILES string of the molecule is COc1ccc(CN2CCC3NC(SCC(=O)Nc4ccc(C)c(C)c4)NC(=O)C3C2)cc1. The van der Waals surface area contributed by atoms with E-state index in [1.54, 1.807) is 7.11 Å². The zero-order valence-corrected chi connectivity index (χ0v) is 20.2. The summed E-state index contributed by atoms with van der Waals surface area (Å²) in [5.41, 5.74) is 4.10. The number of carbonyl (C=O) groups is 2. The van der Waals surface area contributed by atoms with Crippen LogP contribution in [-0.4, -0.2) is 54.2 Å². The number of ether oxygens (including phenoxy) is 1. The maximum absolute atomic E-state index is 12.8. The van der Waals surface area contributed by atoms with Gasteiger partial charge in [-0.05, 0) is 61.2 Å². The third-order valence-corrected chi connectivity index (χ3v) is 7.43. The lowest BCUT2D eigenvalue weighted by molar-refractivity contribution is -0.130. The topological polar surface area (TPSA) is 82.7 Å². The number of thioether (sulfide) groups is 1. The van der Waals surface area contributed by atoms with Crippen LogP contribution in [0.3, 0.4) is 0 Å². The highest BCUT2D eigenvalue weighted by Crippen LogP contribution is 2.25. The normalized spacial score (nSPS) is 22.9. The van der Waals surface area contributed by atoms with Gasteiger partial charge in [0.25, 0.3) is 0 Å². The van der Waals surface area contributed by atoms with Crippen molar-refractivity contribution in [2.24, 2.45) is 5.92 Å². The molecule has 2 saturated heterocycles. The molecule has 2 heterocycles. The molecule has 0 radical (unpaired) electrons. The second-order valence-electron chi connectivity index (χ2n) is 8.80. The highest BCUT2D eigenvalue weighted by Gasteiger charge is 2.39. The van der Waals surface area contributed by atoms with Crippen LogP contribution in [0.4, 0.5) is 5.69 Å². The van der Waals surface area contributed by atoms with Crippen LogP contribution >= 0.6 is 11.8 Å². The number of anilines is 1. The van der Waals surface area contributed by atoms with Crippen LogP contribution in [0.25, 0.3) is 0 Å². The first-order valence-electron chi connectivity index (χ1n) is 11.3. The van der Waals surface area contributed by atoms with E-state index in [2.05, 4.69) is 33.0 Å². The monoisotopic (exact) mass is 468 g/mol. The van der Waals surface area contributed by atoms with E-state index in [9.17, 15) is 9.59 Å². The van der Waals surface area contributed by atoms with Crippen molar-refractivity contribution < 1.29 is 14.3 Å². The molecule has 0 aromatic heterocycles. The molecule has 2 aliphatic heterocycles. The van der Waals surface area contributed by atoms with Crippen LogP contribution in [-0.2, 0) is 16.1 Å². The third kappa shape index (κ3) is 6.07. The fourth-order valence-electron chi connectivity index (χ4n) is 4.35. The van der Waals surface area contributed by atoms with Gasteiger partial charge in [-0.25, -0.2) is 0 Å². The van der Waals surface area contributed by atoms with E-state index in [1.807, 2.05) is 44.2 Å².